The molecule has 0 radical (unpaired) electrons. The molecule has 0 bridgehead atoms. The Morgan fingerprint density at radius 2 is 1.96 bits per heavy atom. The summed E-state index contributed by atoms with van der Waals surface area (Å²) in [7, 11) is 1.50. The molecule has 1 aromatic heterocycles. The van der Waals surface area contributed by atoms with Crippen molar-refractivity contribution in [3.8, 4) is 5.75 Å². The number of aromatic nitrogens is 2. The van der Waals surface area contributed by atoms with E-state index < -0.39 is 22.7 Å². The quantitative estimate of drug-likeness (QED) is 0.477. The summed E-state index contributed by atoms with van der Waals surface area (Å²) >= 11 is 0.799. The van der Waals surface area contributed by atoms with Crippen LogP contribution in [0.4, 0.5) is 13.2 Å². The van der Waals surface area contributed by atoms with Crippen molar-refractivity contribution < 1.29 is 22.7 Å². The smallest absolute Gasteiger partial charge is 0.433 e. The monoisotopic (exact) mass is 372 g/mol. The summed E-state index contributed by atoms with van der Waals surface area (Å²) in [5.41, 5.74) is -1.81. The Morgan fingerprint density at radius 3 is 2.48 bits per heavy atom. The second-order valence-electron chi connectivity index (χ2n) is 5.04. The molecule has 2 aromatic rings. The number of benzene rings is 1. The van der Waals surface area contributed by atoms with Gasteiger partial charge in [0.1, 0.15) is 5.75 Å². The Bertz CT molecular complexity index is 804. The molecule has 0 spiro atoms. The van der Waals surface area contributed by atoms with Crippen LogP contribution in [-0.4, -0.2) is 28.1 Å². The number of aromatic amines is 1. The highest BCUT2D eigenvalue weighted by molar-refractivity contribution is 8.00. The molecule has 0 amide bonds. The third-order valence-electron chi connectivity index (χ3n) is 3.30. The van der Waals surface area contributed by atoms with E-state index in [9.17, 15) is 22.8 Å². The number of thioether (sulfide) groups is 1. The Kier molecular flexibility index (Phi) is 5.89. The normalized spacial score (nSPS) is 12.7. The first-order chi connectivity index (χ1) is 11.7. The minimum absolute atomic E-state index is 0.242. The molecule has 0 saturated heterocycles. The molecule has 2 rings (SSSR count). The SMILES string of the molecule is CCC(Sc1nc(C(F)(F)F)cc(=O)[nH]1)C(=O)c1ccc(OC)cc1. The van der Waals surface area contributed by atoms with Crippen LogP contribution < -0.4 is 10.3 Å². The van der Waals surface area contributed by atoms with Crippen LogP contribution >= 0.6 is 11.8 Å². The molecule has 0 aliphatic carbocycles. The molecule has 1 atom stereocenters. The van der Waals surface area contributed by atoms with Crippen molar-refractivity contribution in [1.82, 2.24) is 9.97 Å². The number of rotatable bonds is 6. The number of methoxy groups -OCH3 is 1. The van der Waals surface area contributed by atoms with Crippen LogP contribution in [0.15, 0.2) is 40.3 Å². The van der Waals surface area contributed by atoms with Gasteiger partial charge >= 0.3 is 6.18 Å². The summed E-state index contributed by atoms with van der Waals surface area (Å²) in [5, 5.41) is -0.923. The Hall–Kier alpha value is -2.29. The number of ketones is 1. The zero-order valence-corrected chi connectivity index (χ0v) is 14.2. The molecule has 1 heterocycles. The third-order valence-corrected chi connectivity index (χ3v) is 4.55. The van der Waals surface area contributed by atoms with E-state index in [1.165, 1.54) is 7.11 Å². The van der Waals surface area contributed by atoms with Crippen LogP contribution in [0.5, 0.6) is 5.75 Å². The Labute approximate surface area is 145 Å². The summed E-state index contributed by atoms with van der Waals surface area (Å²) < 4.78 is 43.3. The van der Waals surface area contributed by atoms with Gasteiger partial charge in [0.25, 0.3) is 5.56 Å². The summed E-state index contributed by atoms with van der Waals surface area (Å²) in [6.07, 6.45) is -4.37. The van der Waals surface area contributed by atoms with E-state index in [1.54, 1.807) is 31.2 Å². The highest BCUT2D eigenvalue weighted by atomic mass is 32.2. The second kappa shape index (κ2) is 7.73. The van der Waals surface area contributed by atoms with Gasteiger partial charge in [-0.05, 0) is 30.7 Å². The van der Waals surface area contributed by atoms with Crippen molar-refractivity contribution in [3.05, 3.63) is 51.9 Å². The second-order valence-corrected chi connectivity index (χ2v) is 6.23. The van der Waals surface area contributed by atoms with Gasteiger partial charge < -0.3 is 9.72 Å². The molecular formula is C16H15F3N2O3S. The highest BCUT2D eigenvalue weighted by Gasteiger charge is 2.34. The maximum absolute atomic E-state index is 12.8. The van der Waals surface area contributed by atoms with Gasteiger partial charge in [0.05, 0.1) is 12.4 Å². The molecule has 1 aromatic carbocycles. The van der Waals surface area contributed by atoms with E-state index in [2.05, 4.69) is 9.97 Å². The summed E-state index contributed by atoms with van der Waals surface area (Å²) in [5.74, 6) is 0.316. The number of nitrogens with one attached hydrogen (secondary N) is 1. The number of hydrogen-bond acceptors (Lipinski definition) is 5. The van der Waals surface area contributed by atoms with Gasteiger partial charge in [-0.15, -0.1) is 0 Å². The van der Waals surface area contributed by atoms with Gasteiger partial charge in [-0.25, -0.2) is 4.98 Å². The fourth-order valence-corrected chi connectivity index (χ4v) is 3.02. The van der Waals surface area contributed by atoms with E-state index in [4.69, 9.17) is 4.74 Å². The minimum atomic E-state index is -4.73. The molecule has 0 fully saturated rings. The average molecular weight is 372 g/mol. The van der Waals surface area contributed by atoms with E-state index in [0.717, 1.165) is 11.8 Å². The highest BCUT2D eigenvalue weighted by Crippen LogP contribution is 2.30. The fraction of sp³-hybridized carbons (Fsp3) is 0.312. The van der Waals surface area contributed by atoms with Gasteiger partial charge in [0.15, 0.2) is 16.6 Å². The van der Waals surface area contributed by atoms with Gasteiger partial charge in [-0.2, -0.15) is 13.2 Å². The number of Topliss-reactive ketones (excluding diaryl/α,β-unsaturated/α-hetero) is 1. The number of hydrogen-bond donors (Lipinski definition) is 1. The van der Waals surface area contributed by atoms with Crippen molar-refractivity contribution in [3.63, 3.8) is 0 Å². The van der Waals surface area contributed by atoms with Crippen LogP contribution in [0.25, 0.3) is 0 Å². The number of H-pyrrole nitrogens is 1. The molecule has 0 saturated carbocycles. The maximum Gasteiger partial charge on any atom is 0.433 e. The molecule has 9 heteroatoms. The zero-order chi connectivity index (χ0) is 18.6. The molecule has 134 valence electrons. The Morgan fingerprint density at radius 1 is 1.32 bits per heavy atom. The number of ether oxygens (including phenoxy) is 1. The average Bonchev–Trinajstić information content (AvgIpc) is 2.58. The van der Waals surface area contributed by atoms with E-state index in [0.29, 0.717) is 23.8 Å². The van der Waals surface area contributed by atoms with Crippen LogP contribution in [0.3, 0.4) is 0 Å². The molecular weight excluding hydrogens is 357 g/mol. The van der Waals surface area contributed by atoms with Gasteiger partial charge in [-0.1, -0.05) is 18.7 Å². The van der Waals surface area contributed by atoms with E-state index >= 15 is 0 Å². The zero-order valence-electron chi connectivity index (χ0n) is 13.4. The predicted octanol–water partition coefficient (Wildman–Crippen LogP) is 3.55. The van der Waals surface area contributed by atoms with Crippen LogP contribution in [0, 0.1) is 0 Å². The van der Waals surface area contributed by atoms with Crippen molar-refractivity contribution >= 4 is 17.5 Å². The lowest BCUT2D eigenvalue weighted by molar-refractivity contribution is -0.141. The van der Waals surface area contributed by atoms with Crippen molar-refractivity contribution in [1.29, 1.82) is 0 Å². The first-order valence-electron chi connectivity index (χ1n) is 7.28. The lowest BCUT2D eigenvalue weighted by Crippen LogP contribution is -2.20. The molecule has 1 unspecified atom stereocenters. The third kappa shape index (κ3) is 4.85. The number of carbonyl (C=O) groups excluding carboxylic acids is 1. The fourth-order valence-electron chi connectivity index (χ4n) is 2.03. The van der Waals surface area contributed by atoms with E-state index in [-0.39, 0.29) is 10.9 Å². The molecule has 5 nitrogen and oxygen atoms in total. The Balaban J connectivity index is 2.25. The number of halogens is 3. The van der Waals surface area contributed by atoms with Gasteiger partial charge in [0.2, 0.25) is 0 Å². The number of alkyl halides is 3. The van der Waals surface area contributed by atoms with Crippen molar-refractivity contribution in [2.75, 3.05) is 7.11 Å². The predicted molar refractivity (Wildman–Crippen MR) is 87.1 cm³/mol. The standard InChI is InChI=1S/C16H15F3N2O3S/c1-3-11(14(23)9-4-6-10(24-2)7-5-9)25-15-20-12(16(17,18)19)8-13(22)21-15/h4-8,11H,3H2,1-2H3,(H,20,21,22). The van der Waals surface area contributed by atoms with Crippen LogP contribution in [0.1, 0.15) is 29.4 Å². The van der Waals surface area contributed by atoms with E-state index in [1.807, 2.05) is 0 Å². The van der Waals surface area contributed by atoms with Crippen molar-refractivity contribution in [2.24, 2.45) is 0 Å². The summed E-state index contributed by atoms with van der Waals surface area (Å²) in [4.78, 5) is 29.6. The first kappa shape index (κ1) is 19.0. The van der Waals surface area contributed by atoms with Gasteiger partial charge in [-0.3, -0.25) is 9.59 Å². The molecule has 0 aliphatic rings. The summed E-state index contributed by atoms with van der Waals surface area (Å²) in [6, 6.07) is 6.78. The molecule has 1 N–H and O–H groups in total. The van der Waals surface area contributed by atoms with Gasteiger partial charge in [0, 0.05) is 11.6 Å². The number of carbonyl (C=O) groups is 1. The maximum atomic E-state index is 12.8. The molecule has 25 heavy (non-hydrogen) atoms. The van der Waals surface area contributed by atoms with Crippen LogP contribution in [0.2, 0.25) is 0 Å². The van der Waals surface area contributed by atoms with Crippen molar-refractivity contribution in [2.45, 2.75) is 29.9 Å². The molecule has 0 aliphatic heterocycles. The summed E-state index contributed by atoms with van der Waals surface area (Å²) in [6.45, 7) is 1.73. The topological polar surface area (TPSA) is 72.0 Å². The van der Waals surface area contributed by atoms with Crippen LogP contribution in [-0.2, 0) is 6.18 Å². The first-order valence-corrected chi connectivity index (χ1v) is 8.16. The lowest BCUT2D eigenvalue weighted by atomic mass is 10.1. The minimum Gasteiger partial charge on any atom is -0.497 e. The number of nitrogens with zero attached hydrogens (tertiary/aromatic N) is 1. The largest absolute Gasteiger partial charge is 0.497 e. The lowest BCUT2D eigenvalue weighted by Gasteiger charge is -2.14.